The molecular formula is C35H37N7O3S2. The Kier molecular flexibility index (Phi) is 8.73. The maximum atomic E-state index is 12.7. The van der Waals surface area contributed by atoms with Gasteiger partial charge in [-0.05, 0) is 85.9 Å². The van der Waals surface area contributed by atoms with Crippen LogP contribution in [0.4, 0.5) is 5.69 Å². The molecule has 2 aliphatic rings. The number of benzene rings is 1. The van der Waals surface area contributed by atoms with Crippen LogP contribution < -0.4 is 5.32 Å². The zero-order valence-corrected chi connectivity index (χ0v) is 28.3. The lowest BCUT2D eigenvalue weighted by molar-refractivity contribution is 0.0701. The van der Waals surface area contributed by atoms with Crippen LogP contribution in [-0.4, -0.2) is 59.5 Å². The van der Waals surface area contributed by atoms with Crippen molar-refractivity contribution in [2.24, 2.45) is 11.8 Å². The second-order valence-electron chi connectivity index (χ2n) is 12.8. The van der Waals surface area contributed by atoms with E-state index >= 15 is 0 Å². The number of hydrogen-bond acceptors (Lipinski definition) is 9. The highest BCUT2D eigenvalue weighted by atomic mass is 32.1. The number of fused-ring (bicyclic) bond motifs is 1. The number of nitrogens with one attached hydrogen (secondary N) is 1. The number of aryl methyl sites for hydroxylation is 2. The lowest BCUT2D eigenvalue weighted by Gasteiger charge is -2.37. The Balaban J connectivity index is 1.18. The molecule has 1 aromatic carbocycles. The Morgan fingerprint density at radius 2 is 1.85 bits per heavy atom. The average molecular weight is 668 g/mol. The minimum absolute atomic E-state index is 0.257. The van der Waals surface area contributed by atoms with Crippen LogP contribution in [0.1, 0.15) is 82.0 Å². The van der Waals surface area contributed by atoms with Crippen molar-refractivity contribution in [1.29, 1.82) is 0 Å². The van der Waals surface area contributed by atoms with Gasteiger partial charge in [-0.25, -0.2) is 19.3 Å². The maximum absolute atomic E-state index is 12.7. The van der Waals surface area contributed by atoms with E-state index in [1.165, 1.54) is 46.7 Å². The van der Waals surface area contributed by atoms with Crippen molar-refractivity contribution in [3.63, 3.8) is 0 Å². The van der Waals surface area contributed by atoms with Gasteiger partial charge in [-0.15, -0.1) is 27.8 Å². The number of aromatic carboxylic acids is 1. The van der Waals surface area contributed by atoms with Crippen molar-refractivity contribution in [1.82, 2.24) is 29.5 Å². The normalized spacial score (nSPS) is 19.0. The van der Waals surface area contributed by atoms with Gasteiger partial charge in [0.2, 0.25) is 0 Å². The Hall–Kier alpha value is -4.26. The molecule has 4 aromatic heterocycles. The molecule has 0 bridgehead atoms. The molecule has 1 aliphatic carbocycles. The number of anilines is 1. The highest BCUT2D eigenvalue weighted by molar-refractivity contribution is 7.17. The highest BCUT2D eigenvalue weighted by Gasteiger charge is 2.31. The quantitative estimate of drug-likeness (QED) is 0.176. The predicted octanol–water partition coefficient (Wildman–Crippen LogP) is 7.36. The number of carboxylic acids is 1. The van der Waals surface area contributed by atoms with E-state index in [2.05, 4.69) is 33.2 Å². The zero-order valence-electron chi connectivity index (χ0n) is 26.7. The van der Waals surface area contributed by atoms with E-state index in [0.717, 1.165) is 65.6 Å². The lowest BCUT2D eigenvalue weighted by atomic mass is 9.75. The summed E-state index contributed by atoms with van der Waals surface area (Å²) < 4.78 is 1.81. The predicted molar refractivity (Wildman–Crippen MR) is 185 cm³/mol. The number of rotatable bonds is 8. The van der Waals surface area contributed by atoms with Crippen LogP contribution in [0.15, 0.2) is 52.9 Å². The monoisotopic (exact) mass is 667 g/mol. The number of amides is 1. The van der Waals surface area contributed by atoms with Crippen molar-refractivity contribution >= 4 is 51.6 Å². The molecule has 0 atom stereocenters. The third kappa shape index (κ3) is 6.63. The van der Waals surface area contributed by atoms with Gasteiger partial charge < -0.3 is 10.4 Å². The van der Waals surface area contributed by atoms with Crippen LogP contribution in [0.3, 0.4) is 0 Å². The first-order valence-corrected chi connectivity index (χ1v) is 17.8. The van der Waals surface area contributed by atoms with Crippen LogP contribution in [0.5, 0.6) is 0 Å². The number of carbonyl (C=O) groups excluding carboxylic acids is 1. The average Bonchev–Trinajstić information content (AvgIpc) is 3.82. The third-order valence-electron chi connectivity index (χ3n) is 9.34. The van der Waals surface area contributed by atoms with E-state index in [-0.39, 0.29) is 5.91 Å². The molecule has 12 heteroatoms. The minimum Gasteiger partial charge on any atom is -0.477 e. The Morgan fingerprint density at radius 1 is 1.06 bits per heavy atom. The first-order valence-electron chi connectivity index (χ1n) is 16.0. The summed E-state index contributed by atoms with van der Waals surface area (Å²) in [5.74, 6) is 1.36. The largest absolute Gasteiger partial charge is 0.477 e. The molecule has 0 spiro atoms. The smallest absolute Gasteiger partial charge is 0.346 e. The number of thiazole rings is 1. The molecule has 1 aliphatic heterocycles. The van der Waals surface area contributed by atoms with Crippen molar-refractivity contribution in [3.8, 4) is 10.4 Å². The third-order valence-corrected chi connectivity index (χ3v) is 11.1. The number of carboxylic acid groups (broad SMARTS) is 1. The van der Waals surface area contributed by atoms with Gasteiger partial charge in [0.15, 0.2) is 5.82 Å². The van der Waals surface area contributed by atoms with Crippen LogP contribution in [0, 0.1) is 25.7 Å². The molecule has 0 radical (unpaired) electrons. The summed E-state index contributed by atoms with van der Waals surface area (Å²) in [5.41, 5.74) is 8.91. The van der Waals surface area contributed by atoms with Crippen molar-refractivity contribution in [3.05, 3.63) is 86.2 Å². The van der Waals surface area contributed by atoms with E-state index in [4.69, 9.17) is 10.1 Å². The molecule has 10 nitrogen and oxygen atoms in total. The maximum Gasteiger partial charge on any atom is 0.346 e. The van der Waals surface area contributed by atoms with Crippen LogP contribution in [0.2, 0.25) is 0 Å². The Bertz CT molecular complexity index is 1970. The van der Waals surface area contributed by atoms with E-state index in [1.54, 1.807) is 10.9 Å². The standard InChI is InChI=1S/C35H37N7O3S2/c1-20-4-6-23(7-5-20)28-16-41(17-31-39-35-37-21(2)14-22(3)42(35)40-31)13-12-26(28)27-15-30(47-32(27)34(44)45)24-8-10-25(11-9-24)38-33(43)29-18-46-19-36-29/h8-11,14-15,18-20,23H,4-7,12-13,16-17H2,1-3H3,(H,38,43)(H,44,45). The summed E-state index contributed by atoms with van der Waals surface area (Å²) in [7, 11) is 0. The minimum atomic E-state index is -0.901. The van der Waals surface area contributed by atoms with Gasteiger partial charge in [0.25, 0.3) is 11.7 Å². The number of aromatic nitrogens is 5. The summed E-state index contributed by atoms with van der Waals surface area (Å²) >= 11 is 2.69. The van der Waals surface area contributed by atoms with Crippen LogP contribution in [0.25, 0.3) is 21.8 Å². The summed E-state index contributed by atoms with van der Waals surface area (Å²) in [6.07, 6.45) is 5.38. The highest BCUT2D eigenvalue weighted by Crippen LogP contribution is 2.44. The molecule has 47 heavy (non-hydrogen) atoms. The van der Waals surface area contributed by atoms with Crippen LogP contribution >= 0.6 is 22.7 Å². The van der Waals surface area contributed by atoms with Gasteiger partial charge in [0.05, 0.1) is 12.1 Å². The molecule has 1 amide bonds. The van der Waals surface area contributed by atoms with Crippen molar-refractivity contribution < 1.29 is 14.7 Å². The first kappa shape index (κ1) is 31.3. The topological polar surface area (TPSA) is 126 Å². The molecule has 2 N–H and O–H groups in total. The number of nitrogens with zero attached hydrogens (tertiary/aromatic N) is 6. The Labute approximate surface area is 281 Å². The van der Waals surface area contributed by atoms with E-state index < -0.39 is 5.97 Å². The zero-order chi connectivity index (χ0) is 32.7. The summed E-state index contributed by atoms with van der Waals surface area (Å²) in [6, 6.07) is 11.6. The molecular weight excluding hydrogens is 631 g/mol. The molecule has 0 saturated heterocycles. The van der Waals surface area contributed by atoms with Crippen molar-refractivity contribution in [2.45, 2.75) is 59.4 Å². The SMILES string of the molecule is Cc1cc(C)n2nc(CN3CCC(c4cc(-c5ccc(NC(=O)c6cscn6)cc5)sc4C(=O)O)=C(C4CCC(C)CC4)C3)nc2n1. The van der Waals surface area contributed by atoms with Gasteiger partial charge in [-0.3, -0.25) is 9.69 Å². The van der Waals surface area contributed by atoms with Gasteiger partial charge in [0.1, 0.15) is 10.6 Å². The summed E-state index contributed by atoms with van der Waals surface area (Å²) in [5, 5.41) is 19.7. The van der Waals surface area contributed by atoms with E-state index in [0.29, 0.717) is 40.4 Å². The Morgan fingerprint density at radius 3 is 2.57 bits per heavy atom. The fraction of sp³-hybridized carbons (Fsp3) is 0.371. The number of carbonyl (C=O) groups is 2. The molecule has 5 aromatic rings. The van der Waals surface area contributed by atoms with Gasteiger partial charge >= 0.3 is 5.97 Å². The molecule has 7 rings (SSSR count). The first-order chi connectivity index (χ1) is 22.7. The van der Waals surface area contributed by atoms with Crippen molar-refractivity contribution in [2.75, 3.05) is 18.4 Å². The van der Waals surface area contributed by atoms with Gasteiger partial charge in [-0.2, -0.15) is 4.98 Å². The second kappa shape index (κ2) is 13.1. The number of hydrogen-bond donors (Lipinski definition) is 2. The van der Waals surface area contributed by atoms with Gasteiger partial charge in [-0.1, -0.05) is 31.9 Å². The van der Waals surface area contributed by atoms with E-state index in [9.17, 15) is 14.7 Å². The molecule has 242 valence electrons. The molecule has 0 unspecified atom stereocenters. The summed E-state index contributed by atoms with van der Waals surface area (Å²) in [6.45, 7) is 8.50. The van der Waals surface area contributed by atoms with Crippen LogP contribution in [-0.2, 0) is 6.54 Å². The fourth-order valence-electron chi connectivity index (χ4n) is 6.90. The lowest BCUT2D eigenvalue weighted by Crippen LogP contribution is -2.34. The van der Waals surface area contributed by atoms with E-state index in [1.807, 2.05) is 48.7 Å². The number of thiophene rings is 1. The molecule has 1 saturated carbocycles. The molecule has 5 heterocycles. The molecule has 1 fully saturated rings. The fourth-order valence-corrected chi connectivity index (χ4v) is 8.46. The summed E-state index contributed by atoms with van der Waals surface area (Å²) in [4.78, 5) is 42.2. The second-order valence-corrected chi connectivity index (χ2v) is 14.5. The van der Waals surface area contributed by atoms with Gasteiger partial charge in [0, 0.05) is 46.0 Å².